The van der Waals surface area contributed by atoms with Crippen molar-refractivity contribution in [3.8, 4) is 0 Å². The molecule has 2 unspecified atom stereocenters. The second kappa shape index (κ2) is 9.67. The van der Waals surface area contributed by atoms with Gasteiger partial charge in [0.2, 0.25) is 6.29 Å². The quantitative estimate of drug-likeness (QED) is 0.260. The SMILES string of the molecule is C=COC(COC(C)COC(=O)C(=C)C)OCC. The van der Waals surface area contributed by atoms with Crippen LogP contribution in [0.4, 0.5) is 0 Å². The van der Waals surface area contributed by atoms with E-state index in [0.29, 0.717) is 12.2 Å². The van der Waals surface area contributed by atoms with Gasteiger partial charge in [-0.1, -0.05) is 13.2 Å². The normalized spacial score (nSPS) is 13.5. The lowest BCUT2D eigenvalue weighted by molar-refractivity contribution is -0.160. The molecule has 0 aromatic rings. The first-order chi connectivity index (χ1) is 8.51. The fourth-order valence-corrected chi connectivity index (χ4v) is 1.03. The fourth-order valence-electron chi connectivity index (χ4n) is 1.03. The molecule has 0 N–H and O–H groups in total. The van der Waals surface area contributed by atoms with Gasteiger partial charge in [-0.2, -0.15) is 0 Å². The molecule has 0 aromatic heterocycles. The van der Waals surface area contributed by atoms with Gasteiger partial charge >= 0.3 is 5.97 Å². The molecule has 5 nitrogen and oxygen atoms in total. The van der Waals surface area contributed by atoms with Crippen LogP contribution in [0.2, 0.25) is 0 Å². The average molecular weight is 258 g/mol. The lowest BCUT2D eigenvalue weighted by Crippen LogP contribution is -2.27. The minimum atomic E-state index is -0.494. The molecule has 0 saturated carbocycles. The number of rotatable bonds is 10. The van der Waals surface area contributed by atoms with Crippen molar-refractivity contribution in [2.24, 2.45) is 0 Å². The molecule has 0 aliphatic carbocycles. The van der Waals surface area contributed by atoms with E-state index in [0.717, 1.165) is 0 Å². The monoisotopic (exact) mass is 258 g/mol. The lowest BCUT2D eigenvalue weighted by Gasteiger charge is -2.19. The predicted octanol–water partition coefficient (Wildman–Crippen LogP) is 2.03. The van der Waals surface area contributed by atoms with Gasteiger partial charge in [0.05, 0.1) is 12.4 Å². The fraction of sp³-hybridized carbons (Fsp3) is 0.615. The van der Waals surface area contributed by atoms with E-state index < -0.39 is 12.3 Å². The zero-order chi connectivity index (χ0) is 14.0. The van der Waals surface area contributed by atoms with Crippen molar-refractivity contribution in [1.29, 1.82) is 0 Å². The summed E-state index contributed by atoms with van der Waals surface area (Å²) in [7, 11) is 0. The van der Waals surface area contributed by atoms with E-state index in [1.54, 1.807) is 13.8 Å². The molecule has 0 saturated heterocycles. The molecule has 0 spiro atoms. The van der Waals surface area contributed by atoms with Gasteiger partial charge in [0.25, 0.3) is 0 Å². The highest BCUT2D eigenvalue weighted by Crippen LogP contribution is 2.02. The Bertz CT molecular complexity index is 275. The Morgan fingerprint density at radius 2 is 2.00 bits per heavy atom. The van der Waals surface area contributed by atoms with E-state index in [1.807, 2.05) is 6.92 Å². The van der Waals surface area contributed by atoms with Gasteiger partial charge in [-0.05, 0) is 20.8 Å². The first-order valence-electron chi connectivity index (χ1n) is 5.83. The van der Waals surface area contributed by atoms with Crippen LogP contribution >= 0.6 is 0 Å². The molecule has 0 aromatic carbocycles. The van der Waals surface area contributed by atoms with E-state index in [4.69, 9.17) is 18.9 Å². The van der Waals surface area contributed by atoms with E-state index in [9.17, 15) is 4.79 Å². The first kappa shape index (κ1) is 16.7. The zero-order valence-electron chi connectivity index (χ0n) is 11.3. The highest BCUT2D eigenvalue weighted by molar-refractivity contribution is 5.86. The van der Waals surface area contributed by atoms with Gasteiger partial charge < -0.3 is 18.9 Å². The second-order valence-corrected chi connectivity index (χ2v) is 3.71. The Kier molecular flexibility index (Phi) is 8.96. The Morgan fingerprint density at radius 1 is 1.33 bits per heavy atom. The maximum Gasteiger partial charge on any atom is 0.333 e. The third kappa shape index (κ3) is 7.86. The highest BCUT2D eigenvalue weighted by Gasteiger charge is 2.12. The summed E-state index contributed by atoms with van der Waals surface area (Å²) in [6, 6.07) is 0. The maximum absolute atomic E-state index is 11.2. The Morgan fingerprint density at radius 3 is 2.50 bits per heavy atom. The number of ether oxygens (including phenoxy) is 4. The van der Waals surface area contributed by atoms with E-state index in [-0.39, 0.29) is 19.3 Å². The molecular formula is C13H22O5. The molecule has 2 atom stereocenters. The summed E-state index contributed by atoms with van der Waals surface area (Å²) in [6.45, 7) is 13.1. The standard InChI is InChI=1S/C13H22O5/c1-6-15-12(16-7-2)9-17-11(5)8-18-13(14)10(3)4/h6,11-12H,1,3,7-9H2,2,4-5H3. The molecule has 0 radical (unpaired) electrons. The minimum absolute atomic E-state index is 0.165. The molecule has 0 rings (SSSR count). The number of esters is 1. The molecule has 0 bridgehead atoms. The molecular weight excluding hydrogens is 236 g/mol. The van der Waals surface area contributed by atoms with Gasteiger partial charge in [-0.3, -0.25) is 0 Å². The summed E-state index contributed by atoms with van der Waals surface area (Å²) < 4.78 is 20.7. The van der Waals surface area contributed by atoms with Crippen LogP contribution in [0.3, 0.4) is 0 Å². The van der Waals surface area contributed by atoms with Crippen molar-refractivity contribution in [2.75, 3.05) is 19.8 Å². The Hall–Kier alpha value is -1.33. The van der Waals surface area contributed by atoms with Crippen LogP contribution in [0.5, 0.6) is 0 Å². The Labute approximate surface area is 108 Å². The number of carbonyl (C=O) groups excluding carboxylic acids is 1. The average Bonchev–Trinajstić information content (AvgIpc) is 2.33. The minimum Gasteiger partial charge on any atom is -0.471 e. The molecule has 0 heterocycles. The van der Waals surface area contributed by atoms with Crippen LogP contribution in [0.25, 0.3) is 0 Å². The molecule has 0 aliphatic rings. The largest absolute Gasteiger partial charge is 0.471 e. The highest BCUT2D eigenvalue weighted by atomic mass is 16.7. The van der Waals surface area contributed by atoms with Crippen molar-refractivity contribution < 1.29 is 23.7 Å². The van der Waals surface area contributed by atoms with E-state index >= 15 is 0 Å². The summed E-state index contributed by atoms with van der Waals surface area (Å²) in [5, 5.41) is 0. The van der Waals surface area contributed by atoms with Crippen molar-refractivity contribution in [3.63, 3.8) is 0 Å². The molecule has 0 amide bonds. The maximum atomic E-state index is 11.2. The molecule has 104 valence electrons. The van der Waals surface area contributed by atoms with E-state index in [2.05, 4.69) is 13.2 Å². The van der Waals surface area contributed by atoms with Crippen LogP contribution in [0.1, 0.15) is 20.8 Å². The zero-order valence-corrected chi connectivity index (χ0v) is 11.3. The van der Waals surface area contributed by atoms with Crippen molar-refractivity contribution >= 4 is 5.97 Å². The summed E-state index contributed by atoms with van der Waals surface area (Å²) in [5.74, 6) is -0.422. The van der Waals surface area contributed by atoms with Crippen LogP contribution in [0, 0.1) is 0 Å². The topological polar surface area (TPSA) is 54.0 Å². The summed E-state index contributed by atoms with van der Waals surface area (Å²) in [4.78, 5) is 11.2. The van der Waals surface area contributed by atoms with Gasteiger partial charge in [0.1, 0.15) is 13.2 Å². The predicted molar refractivity (Wildman–Crippen MR) is 67.9 cm³/mol. The summed E-state index contributed by atoms with van der Waals surface area (Å²) >= 11 is 0. The lowest BCUT2D eigenvalue weighted by atomic mass is 10.3. The van der Waals surface area contributed by atoms with Gasteiger partial charge in [0, 0.05) is 12.2 Å². The second-order valence-electron chi connectivity index (χ2n) is 3.71. The van der Waals surface area contributed by atoms with Gasteiger partial charge in [-0.15, -0.1) is 0 Å². The van der Waals surface area contributed by atoms with Crippen molar-refractivity contribution in [1.82, 2.24) is 0 Å². The molecule has 5 heteroatoms. The van der Waals surface area contributed by atoms with Gasteiger partial charge in [-0.25, -0.2) is 4.79 Å². The third-order valence-electron chi connectivity index (χ3n) is 1.91. The number of hydrogen-bond acceptors (Lipinski definition) is 5. The smallest absolute Gasteiger partial charge is 0.333 e. The van der Waals surface area contributed by atoms with E-state index in [1.165, 1.54) is 6.26 Å². The number of carbonyl (C=O) groups is 1. The van der Waals surface area contributed by atoms with Crippen LogP contribution in [0.15, 0.2) is 25.0 Å². The Balaban J connectivity index is 3.85. The van der Waals surface area contributed by atoms with Gasteiger partial charge in [0.15, 0.2) is 0 Å². The van der Waals surface area contributed by atoms with Crippen LogP contribution < -0.4 is 0 Å². The number of hydrogen-bond donors (Lipinski definition) is 0. The van der Waals surface area contributed by atoms with Crippen molar-refractivity contribution in [3.05, 3.63) is 25.0 Å². The van der Waals surface area contributed by atoms with Crippen molar-refractivity contribution in [2.45, 2.75) is 33.2 Å². The molecule has 0 fully saturated rings. The van der Waals surface area contributed by atoms with Crippen LogP contribution in [-0.2, 0) is 23.7 Å². The van der Waals surface area contributed by atoms with Crippen LogP contribution in [-0.4, -0.2) is 38.2 Å². The molecule has 0 aliphatic heterocycles. The summed E-state index contributed by atoms with van der Waals surface area (Å²) in [6.07, 6.45) is 0.562. The molecule has 18 heavy (non-hydrogen) atoms. The third-order valence-corrected chi connectivity index (χ3v) is 1.91. The first-order valence-corrected chi connectivity index (χ1v) is 5.83. The summed E-state index contributed by atoms with van der Waals surface area (Å²) in [5.41, 5.74) is 0.365.